The second-order valence-corrected chi connectivity index (χ2v) is 12.2. The summed E-state index contributed by atoms with van der Waals surface area (Å²) in [6.07, 6.45) is 0. The van der Waals surface area contributed by atoms with E-state index in [-0.39, 0.29) is 0 Å². The van der Waals surface area contributed by atoms with Gasteiger partial charge in [-0.3, -0.25) is 0 Å². The van der Waals surface area contributed by atoms with Gasteiger partial charge in [-0.2, -0.15) is 0 Å². The zero-order valence-corrected chi connectivity index (χ0v) is 25.1. The Morgan fingerprint density at radius 2 is 0.891 bits per heavy atom. The number of hydrogen-bond donors (Lipinski definition) is 0. The van der Waals surface area contributed by atoms with E-state index in [1.165, 1.54) is 82.0 Å². The molecule has 0 bridgehead atoms. The molecule has 10 aromatic rings. The smallest absolute Gasteiger partial charge is 0.0641 e. The summed E-state index contributed by atoms with van der Waals surface area (Å²) in [6, 6.07) is 62.0. The van der Waals surface area contributed by atoms with Crippen molar-refractivity contribution in [1.29, 1.82) is 0 Å². The molecule has 0 atom stereocenters. The molecule has 0 radical (unpaired) electrons. The van der Waals surface area contributed by atoms with E-state index in [0.717, 1.165) is 5.69 Å². The number of nitrogens with zero attached hydrogens (tertiary/aromatic N) is 2. The van der Waals surface area contributed by atoms with Crippen LogP contribution in [-0.4, -0.2) is 9.13 Å². The van der Waals surface area contributed by atoms with E-state index in [1.807, 2.05) is 0 Å². The number of rotatable bonds is 3. The molecule has 8 aromatic carbocycles. The summed E-state index contributed by atoms with van der Waals surface area (Å²) in [4.78, 5) is 0. The molecule has 0 N–H and O–H groups in total. The van der Waals surface area contributed by atoms with E-state index in [4.69, 9.17) is 0 Å². The molecule has 0 spiro atoms. The molecule has 214 valence electrons. The number of hydrogen-bond acceptors (Lipinski definition) is 0. The Bertz CT molecular complexity index is 2780. The monoisotopic (exact) mass is 584 g/mol. The van der Waals surface area contributed by atoms with Crippen molar-refractivity contribution in [2.75, 3.05) is 0 Å². The van der Waals surface area contributed by atoms with Crippen LogP contribution in [0.15, 0.2) is 170 Å². The number of benzene rings is 8. The normalized spacial score (nSPS) is 11.9. The summed E-state index contributed by atoms with van der Waals surface area (Å²) < 4.78 is 4.91. The Morgan fingerprint density at radius 1 is 0.304 bits per heavy atom. The molecule has 2 heteroatoms. The zero-order chi connectivity index (χ0) is 30.2. The largest absolute Gasteiger partial charge is 0.309 e. The van der Waals surface area contributed by atoms with Crippen LogP contribution in [0.3, 0.4) is 0 Å². The van der Waals surface area contributed by atoms with E-state index in [1.54, 1.807) is 0 Å². The van der Waals surface area contributed by atoms with Crippen molar-refractivity contribution >= 4 is 65.2 Å². The lowest BCUT2D eigenvalue weighted by Crippen LogP contribution is -1.96. The minimum atomic E-state index is 1.16. The summed E-state index contributed by atoms with van der Waals surface area (Å²) in [6.45, 7) is 0. The average Bonchev–Trinajstić information content (AvgIpc) is 3.65. The standard InChI is InChI=1S/C44H28N2/c1-2-10-29(11-3-1)30-20-23-33(24-21-30)45-41-17-9-7-15-38(41)43-42(45)27-26-37-36-14-6-8-16-40(36)46(44(37)43)34-25-22-32-19-18-31-12-4-5-13-35(31)39(32)28-34/h1-28H. The molecule has 2 aromatic heterocycles. The first-order valence-electron chi connectivity index (χ1n) is 15.9. The Kier molecular flexibility index (Phi) is 5.31. The quantitative estimate of drug-likeness (QED) is 0.183. The van der Waals surface area contributed by atoms with Crippen molar-refractivity contribution in [1.82, 2.24) is 9.13 Å². The molecular weight excluding hydrogens is 556 g/mol. The van der Waals surface area contributed by atoms with E-state index >= 15 is 0 Å². The van der Waals surface area contributed by atoms with Crippen LogP contribution in [0, 0.1) is 0 Å². The molecule has 46 heavy (non-hydrogen) atoms. The van der Waals surface area contributed by atoms with E-state index < -0.39 is 0 Å². The summed E-state index contributed by atoms with van der Waals surface area (Å²) in [7, 11) is 0. The molecule has 2 nitrogen and oxygen atoms in total. The van der Waals surface area contributed by atoms with Crippen LogP contribution in [0.5, 0.6) is 0 Å². The SMILES string of the molecule is c1ccc(-c2ccc(-n3c4ccccc4c4c3ccc3c5ccccc5n(-c5ccc6ccc7ccccc7c6c5)c34)cc2)cc1. The molecular formula is C44H28N2. The molecule has 2 heterocycles. The molecule has 0 fully saturated rings. The van der Waals surface area contributed by atoms with Gasteiger partial charge in [0.2, 0.25) is 0 Å². The third kappa shape index (κ3) is 3.59. The average molecular weight is 585 g/mol. The first-order chi connectivity index (χ1) is 22.8. The van der Waals surface area contributed by atoms with Crippen molar-refractivity contribution < 1.29 is 0 Å². The van der Waals surface area contributed by atoms with Crippen molar-refractivity contribution in [3.05, 3.63) is 170 Å². The lowest BCUT2D eigenvalue weighted by Gasteiger charge is -2.12. The Balaban J connectivity index is 1.30. The highest BCUT2D eigenvalue weighted by Crippen LogP contribution is 2.42. The van der Waals surface area contributed by atoms with E-state index in [2.05, 4.69) is 179 Å². The van der Waals surface area contributed by atoms with E-state index in [0.29, 0.717) is 0 Å². The second kappa shape index (κ2) is 9.69. The van der Waals surface area contributed by atoms with Crippen molar-refractivity contribution in [2.45, 2.75) is 0 Å². The lowest BCUT2D eigenvalue weighted by molar-refractivity contribution is 1.18. The maximum Gasteiger partial charge on any atom is 0.0641 e. The molecule has 0 saturated carbocycles. The Morgan fingerprint density at radius 3 is 1.70 bits per heavy atom. The predicted molar refractivity (Wildman–Crippen MR) is 196 cm³/mol. The molecule has 10 rings (SSSR count). The molecule has 0 aliphatic rings. The maximum atomic E-state index is 2.49. The highest BCUT2D eigenvalue weighted by atomic mass is 15.0. The maximum absolute atomic E-state index is 2.49. The van der Waals surface area contributed by atoms with Crippen molar-refractivity contribution in [3.8, 4) is 22.5 Å². The second-order valence-electron chi connectivity index (χ2n) is 12.2. The van der Waals surface area contributed by atoms with Crippen LogP contribution >= 0.6 is 0 Å². The van der Waals surface area contributed by atoms with Gasteiger partial charge >= 0.3 is 0 Å². The first-order valence-corrected chi connectivity index (χ1v) is 15.9. The summed E-state index contributed by atoms with van der Waals surface area (Å²) in [5.41, 5.74) is 9.65. The first kappa shape index (κ1) is 25.2. The molecule has 0 amide bonds. The van der Waals surface area contributed by atoms with Crippen LogP contribution in [0.1, 0.15) is 0 Å². The number of para-hydroxylation sites is 2. The molecule has 0 aliphatic carbocycles. The third-order valence-corrected chi connectivity index (χ3v) is 9.69. The van der Waals surface area contributed by atoms with Gasteiger partial charge < -0.3 is 9.13 Å². The minimum absolute atomic E-state index is 1.16. The van der Waals surface area contributed by atoms with Gasteiger partial charge in [-0.25, -0.2) is 0 Å². The number of fused-ring (bicyclic) bond motifs is 10. The number of aromatic nitrogens is 2. The van der Waals surface area contributed by atoms with Crippen LogP contribution < -0.4 is 0 Å². The van der Waals surface area contributed by atoms with Gasteiger partial charge in [0.1, 0.15) is 0 Å². The van der Waals surface area contributed by atoms with Crippen LogP contribution in [0.2, 0.25) is 0 Å². The van der Waals surface area contributed by atoms with Gasteiger partial charge in [0.25, 0.3) is 0 Å². The van der Waals surface area contributed by atoms with Crippen LogP contribution in [-0.2, 0) is 0 Å². The fraction of sp³-hybridized carbons (Fsp3) is 0. The van der Waals surface area contributed by atoms with Gasteiger partial charge in [-0.05, 0) is 75.1 Å². The van der Waals surface area contributed by atoms with Crippen LogP contribution in [0.4, 0.5) is 0 Å². The van der Waals surface area contributed by atoms with Gasteiger partial charge in [0.15, 0.2) is 0 Å². The Labute approximate surface area is 266 Å². The fourth-order valence-electron chi connectivity index (χ4n) is 7.62. The molecule has 0 aliphatic heterocycles. The zero-order valence-electron chi connectivity index (χ0n) is 25.1. The van der Waals surface area contributed by atoms with Gasteiger partial charge in [0.05, 0.1) is 22.1 Å². The third-order valence-electron chi connectivity index (χ3n) is 9.69. The summed E-state index contributed by atoms with van der Waals surface area (Å²) in [5.74, 6) is 0. The Hall–Kier alpha value is -6.12. The summed E-state index contributed by atoms with van der Waals surface area (Å²) >= 11 is 0. The highest BCUT2D eigenvalue weighted by molar-refractivity contribution is 6.26. The molecule has 0 unspecified atom stereocenters. The topological polar surface area (TPSA) is 9.86 Å². The van der Waals surface area contributed by atoms with Gasteiger partial charge in [-0.1, -0.05) is 127 Å². The van der Waals surface area contributed by atoms with Crippen molar-refractivity contribution in [2.24, 2.45) is 0 Å². The highest BCUT2D eigenvalue weighted by Gasteiger charge is 2.21. The lowest BCUT2D eigenvalue weighted by atomic mass is 10.0. The van der Waals surface area contributed by atoms with Gasteiger partial charge in [0, 0.05) is 32.9 Å². The van der Waals surface area contributed by atoms with E-state index in [9.17, 15) is 0 Å². The van der Waals surface area contributed by atoms with Gasteiger partial charge in [-0.15, -0.1) is 0 Å². The minimum Gasteiger partial charge on any atom is -0.309 e. The fourth-order valence-corrected chi connectivity index (χ4v) is 7.62. The van der Waals surface area contributed by atoms with Crippen LogP contribution in [0.25, 0.3) is 87.7 Å². The predicted octanol–water partition coefficient (Wildman–Crippen LogP) is 11.9. The summed E-state index contributed by atoms with van der Waals surface area (Å²) in [5, 5.41) is 10.1. The molecule has 0 saturated heterocycles. The van der Waals surface area contributed by atoms with Crippen molar-refractivity contribution in [3.63, 3.8) is 0 Å².